The molecular formula is C20H20N4O3. The molecule has 0 bridgehead atoms. The van der Waals surface area contributed by atoms with Gasteiger partial charge >= 0.3 is 0 Å². The number of anilines is 2. The average molecular weight is 364 g/mol. The van der Waals surface area contributed by atoms with Gasteiger partial charge in [-0.05, 0) is 36.8 Å². The zero-order chi connectivity index (χ0) is 19.4. The molecule has 138 valence electrons. The number of aromatic nitrogens is 2. The maximum absolute atomic E-state index is 12.8. The number of carbonyl (C=O) groups is 2. The number of nitrogens with one attached hydrogen (secondary N) is 2. The molecule has 2 N–H and O–H groups in total. The van der Waals surface area contributed by atoms with Crippen molar-refractivity contribution in [2.75, 3.05) is 17.7 Å². The molecule has 0 fully saturated rings. The Hall–Kier alpha value is -3.61. The Balaban J connectivity index is 1.89. The van der Waals surface area contributed by atoms with Gasteiger partial charge in [-0.2, -0.15) is 5.10 Å². The maximum atomic E-state index is 12.8. The van der Waals surface area contributed by atoms with Crippen LogP contribution in [-0.4, -0.2) is 28.7 Å². The standard InChI is InChI=1S/C20H20N4O3/c1-13-16(21-14(2)25)10-7-11-17(13)22-20(26)19-18(27-3)12-24(23-19)15-8-5-4-6-9-15/h4-12H,1-3H3,(H,21,25)(H,22,26). The number of nitrogens with zero attached hydrogens (tertiary/aromatic N) is 2. The zero-order valence-corrected chi connectivity index (χ0v) is 15.3. The zero-order valence-electron chi connectivity index (χ0n) is 15.3. The molecule has 0 unspecified atom stereocenters. The highest BCUT2D eigenvalue weighted by Gasteiger charge is 2.19. The normalized spacial score (nSPS) is 10.3. The first-order valence-electron chi connectivity index (χ1n) is 8.37. The fourth-order valence-corrected chi connectivity index (χ4v) is 2.66. The van der Waals surface area contributed by atoms with Gasteiger partial charge in [0, 0.05) is 18.3 Å². The molecule has 0 aliphatic heterocycles. The van der Waals surface area contributed by atoms with Gasteiger partial charge in [0.2, 0.25) is 5.91 Å². The first kappa shape index (κ1) is 18.2. The molecule has 3 rings (SSSR count). The van der Waals surface area contributed by atoms with Gasteiger partial charge in [0.05, 0.1) is 19.0 Å². The molecule has 1 aromatic heterocycles. The van der Waals surface area contributed by atoms with E-state index in [1.807, 2.05) is 37.3 Å². The van der Waals surface area contributed by atoms with Crippen molar-refractivity contribution >= 4 is 23.2 Å². The number of ether oxygens (including phenoxy) is 1. The summed E-state index contributed by atoms with van der Waals surface area (Å²) in [4.78, 5) is 24.1. The monoisotopic (exact) mass is 364 g/mol. The van der Waals surface area contributed by atoms with Gasteiger partial charge in [-0.3, -0.25) is 9.59 Å². The van der Waals surface area contributed by atoms with Crippen LogP contribution in [-0.2, 0) is 4.79 Å². The number of para-hydroxylation sites is 1. The second-order valence-corrected chi connectivity index (χ2v) is 5.94. The minimum atomic E-state index is -0.399. The molecule has 0 saturated heterocycles. The topological polar surface area (TPSA) is 85.2 Å². The third kappa shape index (κ3) is 3.98. The van der Waals surface area contributed by atoms with E-state index in [9.17, 15) is 9.59 Å². The molecule has 0 aliphatic rings. The molecule has 7 nitrogen and oxygen atoms in total. The number of methoxy groups -OCH3 is 1. The van der Waals surface area contributed by atoms with Gasteiger partial charge in [0.15, 0.2) is 11.4 Å². The highest BCUT2D eigenvalue weighted by atomic mass is 16.5. The fourth-order valence-electron chi connectivity index (χ4n) is 2.66. The lowest BCUT2D eigenvalue weighted by Crippen LogP contribution is -2.16. The van der Waals surface area contributed by atoms with Gasteiger partial charge in [-0.25, -0.2) is 4.68 Å². The molecule has 3 aromatic rings. The van der Waals surface area contributed by atoms with Crippen LogP contribution in [0.15, 0.2) is 54.7 Å². The Labute approximate surface area is 157 Å². The second kappa shape index (κ2) is 7.74. The van der Waals surface area contributed by atoms with Crippen molar-refractivity contribution in [3.05, 3.63) is 66.0 Å². The van der Waals surface area contributed by atoms with Gasteiger partial charge in [0.1, 0.15) is 0 Å². The summed E-state index contributed by atoms with van der Waals surface area (Å²) < 4.78 is 6.90. The van der Waals surface area contributed by atoms with E-state index in [-0.39, 0.29) is 11.6 Å². The molecule has 0 spiro atoms. The minimum absolute atomic E-state index is 0.172. The second-order valence-electron chi connectivity index (χ2n) is 5.94. The van der Waals surface area contributed by atoms with Crippen LogP contribution in [0.25, 0.3) is 5.69 Å². The molecule has 0 radical (unpaired) electrons. The predicted octanol–water partition coefficient (Wildman–Crippen LogP) is 3.40. The quantitative estimate of drug-likeness (QED) is 0.727. The Kier molecular flexibility index (Phi) is 5.21. The molecule has 2 amide bonds. The van der Waals surface area contributed by atoms with Crippen LogP contribution in [0.2, 0.25) is 0 Å². The van der Waals surface area contributed by atoms with Crippen molar-refractivity contribution in [3.63, 3.8) is 0 Å². The summed E-state index contributed by atoms with van der Waals surface area (Å²) in [5.74, 6) is -0.207. The average Bonchev–Trinajstić information content (AvgIpc) is 3.10. The molecule has 1 heterocycles. The largest absolute Gasteiger partial charge is 0.493 e. The van der Waals surface area contributed by atoms with E-state index in [1.165, 1.54) is 14.0 Å². The van der Waals surface area contributed by atoms with Crippen molar-refractivity contribution < 1.29 is 14.3 Å². The van der Waals surface area contributed by atoms with E-state index < -0.39 is 5.91 Å². The van der Waals surface area contributed by atoms with Crippen LogP contribution in [0.4, 0.5) is 11.4 Å². The van der Waals surface area contributed by atoms with Crippen LogP contribution >= 0.6 is 0 Å². The lowest BCUT2D eigenvalue weighted by atomic mass is 10.1. The molecule has 0 saturated carbocycles. The van der Waals surface area contributed by atoms with E-state index in [2.05, 4.69) is 15.7 Å². The van der Waals surface area contributed by atoms with E-state index in [0.29, 0.717) is 17.1 Å². The first-order valence-corrected chi connectivity index (χ1v) is 8.37. The van der Waals surface area contributed by atoms with E-state index in [4.69, 9.17) is 4.74 Å². The van der Waals surface area contributed by atoms with Crippen molar-refractivity contribution in [1.29, 1.82) is 0 Å². The number of amides is 2. The minimum Gasteiger partial charge on any atom is -0.493 e. The first-order chi connectivity index (χ1) is 13.0. The summed E-state index contributed by atoms with van der Waals surface area (Å²) in [6.45, 7) is 3.26. The molecule has 0 atom stereocenters. The van der Waals surface area contributed by atoms with E-state index in [1.54, 1.807) is 29.1 Å². The van der Waals surface area contributed by atoms with Crippen LogP contribution in [0, 0.1) is 6.92 Å². The van der Waals surface area contributed by atoms with Gasteiger partial charge < -0.3 is 15.4 Å². The van der Waals surface area contributed by atoms with Crippen molar-refractivity contribution in [2.24, 2.45) is 0 Å². The summed E-state index contributed by atoms with van der Waals surface area (Å²) in [6, 6.07) is 14.7. The summed E-state index contributed by atoms with van der Waals surface area (Å²) in [6.07, 6.45) is 1.66. The third-order valence-corrected chi connectivity index (χ3v) is 4.03. The molecule has 27 heavy (non-hydrogen) atoms. The number of rotatable bonds is 5. The van der Waals surface area contributed by atoms with Crippen LogP contribution < -0.4 is 15.4 Å². The van der Waals surface area contributed by atoms with Crippen molar-refractivity contribution in [2.45, 2.75) is 13.8 Å². The number of hydrogen-bond donors (Lipinski definition) is 2. The maximum Gasteiger partial charge on any atom is 0.280 e. The SMILES string of the molecule is COc1cn(-c2ccccc2)nc1C(=O)Nc1cccc(NC(C)=O)c1C. The summed E-state index contributed by atoms with van der Waals surface area (Å²) in [5, 5.41) is 9.93. The Morgan fingerprint density at radius 3 is 2.30 bits per heavy atom. The summed E-state index contributed by atoms with van der Waals surface area (Å²) in [7, 11) is 1.49. The third-order valence-electron chi connectivity index (χ3n) is 4.03. The summed E-state index contributed by atoms with van der Waals surface area (Å²) in [5.41, 5.74) is 2.97. The summed E-state index contributed by atoms with van der Waals surface area (Å²) >= 11 is 0. The predicted molar refractivity (Wildman–Crippen MR) is 104 cm³/mol. The molecule has 0 aliphatic carbocycles. The van der Waals surface area contributed by atoms with Crippen LogP contribution in [0.3, 0.4) is 0 Å². The highest BCUT2D eigenvalue weighted by molar-refractivity contribution is 6.05. The van der Waals surface area contributed by atoms with Crippen molar-refractivity contribution in [3.8, 4) is 11.4 Å². The molecule has 2 aromatic carbocycles. The molecule has 7 heteroatoms. The van der Waals surface area contributed by atoms with Crippen LogP contribution in [0.1, 0.15) is 23.0 Å². The Morgan fingerprint density at radius 1 is 1.00 bits per heavy atom. The lowest BCUT2D eigenvalue weighted by molar-refractivity contribution is -0.114. The fraction of sp³-hybridized carbons (Fsp3) is 0.150. The number of benzene rings is 2. The lowest BCUT2D eigenvalue weighted by Gasteiger charge is -2.12. The smallest absolute Gasteiger partial charge is 0.280 e. The highest BCUT2D eigenvalue weighted by Crippen LogP contribution is 2.25. The Morgan fingerprint density at radius 2 is 1.67 bits per heavy atom. The van der Waals surface area contributed by atoms with Crippen LogP contribution in [0.5, 0.6) is 5.75 Å². The van der Waals surface area contributed by atoms with Gasteiger partial charge in [-0.15, -0.1) is 0 Å². The van der Waals surface area contributed by atoms with E-state index in [0.717, 1.165) is 11.3 Å². The van der Waals surface area contributed by atoms with Crippen molar-refractivity contribution in [1.82, 2.24) is 9.78 Å². The van der Waals surface area contributed by atoms with Gasteiger partial charge in [0.25, 0.3) is 5.91 Å². The molecular weight excluding hydrogens is 344 g/mol. The number of hydrogen-bond acceptors (Lipinski definition) is 4. The number of carbonyl (C=O) groups excluding carboxylic acids is 2. The van der Waals surface area contributed by atoms with E-state index >= 15 is 0 Å². The van der Waals surface area contributed by atoms with Gasteiger partial charge in [-0.1, -0.05) is 24.3 Å². The Bertz CT molecular complexity index is 980.